The second kappa shape index (κ2) is 3.49. The van der Waals surface area contributed by atoms with Crippen LogP contribution >= 0.6 is 0 Å². The van der Waals surface area contributed by atoms with Crippen LogP contribution in [0.2, 0.25) is 0 Å². The third kappa shape index (κ3) is 1.49. The molecule has 2 saturated heterocycles. The van der Waals surface area contributed by atoms with Gasteiger partial charge in [-0.1, -0.05) is 6.92 Å². The molecule has 4 fully saturated rings. The lowest BCUT2D eigenvalue weighted by atomic mass is 9.74. The molecule has 80 valence electrons. The summed E-state index contributed by atoms with van der Waals surface area (Å²) in [6.45, 7) is 4.95. The molecular weight excluding hydrogens is 172 g/mol. The van der Waals surface area contributed by atoms with Gasteiger partial charge in [0.15, 0.2) is 0 Å². The zero-order valence-electron chi connectivity index (χ0n) is 9.13. The molecule has 5 unspecified atom stereocenters. The number of hydrogen-bond donors (Lipinski definition) is 2. The zero-order valence-corrected chi connectivity index (χ0v) is 9.13. The largest absolute Gasteiger partial charge is 0.314 e. The molecule has 2 bridgehead atoms. The van der Waals surface area contributed by atoms with Gasteiger partial charge >= 0.3 is 0 Å². The predicted octanol–water partition coefficient (Wildman–Crippen LogP) is 1.37. The van der Waals surface area contributed by atoms with E-state index in [9.17, 15) is 0 Å². The summed E-state index contributed by atoms with van der Waals surface area (Å²) in [5, 5.41) is 7.36. The van der Waals surface area contributed by atoms with Gasteiger partial charge in [-0.05, 0) is 50.0 Å². The Kier molecular flexibility index (Phi) is 2.29. The molecule has 2 aliphatic carbocycles. The molecule has 5 atom stereocenters. The van der Waals surface area contributed by atoms with Gasteiger partial charge in [-0.3, -0.25) is 0 Å². The monoisotopic (exact) mass is 194 g/mol. The topological polar surface area (TPSA) is 24.1 Å². The van der Waals surface area contributed by atoms with Crippen LogP contribution in [-0.4, -0.2) is 25.2 Å². The average Bonchev–Trinajstić information content (AvgIpc) is 2.79. The SMILES string of the molecule is CC1CCC(NCC2C3CNC2C3)C1. The van der Waals surface area contributed by atoms with Crippen LogP contribution in [-0.2, 0) is 0 Å². The molecule has 14 heavy (non-hydrogen) atoms. The number of nitrogens with one attached hydrogen (secondary N) is 2. The molecule has 4 rings (SSSR count). The first kappa shape index (κ1) is 9.17. The Morgan fingerprint density at radius 1 is 1.29 bits per heavy atom. The molecule has 2 heterocycles. The second-order valence-corrected chi connectivity index (χ2v) is 5.70. The Hall–Kier alpha value is -0.0800. The van der Waals surface area contributed by atoms with E-state index in [-0.39, 0.29) is 0 Å². The van der Waals surface area contributed by atoms with E-state index in [1.54, 1.807) is 0 Å². The minimum absolute atomic E-state index is 0.838. The van der Waals surface area contributed by atoms with Gasteiger partial charge in [0.05, 0.1) is 0 Å². The highest BCUT2D eigenvalue weighted by Crippen LogP contribution is 2.39. The van der Waals surface area contributed by atoms with Crippen molar-refractivity contribution >= 4 is 0 Å². The summed E-state index contributed by atoms with van der Waals surface area (Å²) >= 11 is 0. The number of hydrogen-bond acceptors (Lipinski definition) is 2. The number of rotatable bonds is 3. The van der Waals surface area contributed by atoms with Gasteiger partial charge < -0.3 is 10.6 Å². The van der Waals surface area contributed by atoms with Gasteiger partial charge in [0.1, 0.15) is 0 Å². The summed E-state index contributed by atoms with van der Waals surface area (Å²) in [4.78, 5) is 0. The normalized spacial score (nSPS) is 50.8. The maximum Gasteiger partial charge on any atom is 0.0114 e. The fourth-order valence-electron chi connectivity index (χ4n) is 3.58. The van der Waals surface area contributed by atoms with E-state index in [0.717, 1.165) is 29.8 Å². The Labute approximate surface area is 86.8 Å². The summed E-state index contributed by atoms with van der Waals surface area (Å²) in [6, 6.07) is 1.70. The van der Waals surface area contributed by atoms with Gasteiger partial charge in [0.2, 0.25) is 0 Å². The minimum atomic E-state index is 0.838. The maximum atomic E-state index is 3.77. The van der Waals surface area contributed by atoms with Crippen molar-refractivity contribution in [3.8, 4) is 0 Å². The molecule has 0 aromatic rings. The van der Waals surface area contributed by atoms with Gasteiger partial charge in [-0.15, -0.1) is 0 Å². The summed E-state index contributed by atoms with van der Waals surface area (Å²) in [6.07, 6.45) is 5.72. The second-order valence-electron chi connectivity index (χ2n) is 5.70. The molecule has 2 saturated carbocycles. The van der Waals surface area contributed by atoms with Gasteiger partial charge in [0.25, 0.3) is 0 Å². The molecule has 0 radical (unpaired) electrons. The molecule has 2 nitrogen and oxygen atoms in total. The quantitative estimate of drug-likeness (QED) is 0.709. The van der Waals surface area contributed by atoms with E-state index in [4.69, 9.17) is 0 Å². The van der Waals surface area contributed by atoms with Crippen molar-refractivity contribution in [2.24, 2.45) is 17.8 Å². The first-order chi connectivity index (χ1) is 6.83. The molecule has 4 aliphatic rings. The highest BCUT2D eigenvalue weighted by Gasteiger charge is 2.46. The zero-order chi connectivity index (χ0) is 9.54. The molecular formula is C12H22N2. The summed E-state index contributed by atoms with van der Waals surface area (Å²) < 4.78 is 0. The van der Waals surface area contributed by atoms with Crippen LogP contribution < -0.4 is 10.6 Å². The highest BCUT2D eigenvalue weighted by molar-refractivity contribution is 5.03. The lowest BCUT2D eigenvalue weighted by molar-refractivity contribution is 0.202. The predicted molar refractivity (Wildman–Crippen MR) is 58.2 cm³/mol. The molecule has 0 amide bonds. The van der Waals surface area contributed by atoms with Crippen molar-refractivity contribution < 1.29 is 0 Å². The van der Waals surface area contributed by atoms with Gasteiger partial charge in [-0.25, -0.2) is 0 Å². The smallest absolute Gasteiger partial charge is 0.0114 e. The molecule has 2 N–H and O–H groups in total. The van der Waals surface area contributed by atoms with Gasteiger partial charge in [0, 0.05) is 18.6 Å². The van der Waals surface area contributed by atoms with Crippen molar-refractivity contribution in [2.75, 3.05) is 13.1 Å². The molecule has 2 heteroatoms. The molecule has 0 aromatic carbocycles. The van der Waals surface area contributed by atoms with Crippen LogP contribution in [0.3, 0.4) is 0 Å². The van der Waals surface area contributed by atoms with E-state index in [1.807, 2.05) is 0 Å². The van der Waals surface area contributed by atoms with Crippen LogP contribution in [0.1, 0.15) is 32.6 Å². The minimum Gasteiger partial charge on any atom is -0.314 e. The van der Waals surface area contributed by atoms with E-state index in [1.165, 1.54) is 38.8 Å². The molecule has 0 spiro atoms. The Bertz CT molecular complexity index is 202. The van der Waals surface area contributed by atoms with Crippen LogP contribution in [0.4, 0.5) is 0 Å². The molecule has 2 aliphatic heterocycles. The Morgan fingerprint density at radius 2 is 2.21 bits per heavy atom. The van der Waals surface area contributed by atoms with Crippen molar-refractivity contribution in [3.63, 3.8) is 0 Å². The Morgan fingerprint density at radius 3 is 2.79 bits per heavy atom. The van der Waals surface area contributed by atoms with E-state index >= 15 is 0 Å². The van der Waals surface area contributed by atoms with Crippen LogP contribution in [0.5, 0.6) is 0 Å². The van der Waals surface area contributed by atoms with Crippen LogP contribution in [0.15, 0.2) is 0 Å². The van der Waals surface area contributed by atoms with E-state index in [0.29, 0.717) is 0 Å². The lowest BCUT2D eigenvalue weighted by Gasteiger charge is -2.35. The number of fused-ring (bicyclic) bond motifs is 1. The average molecular weight is 194 g/mol. The first-order valence-corrected chi connectivity index (χ1v) is 6.29. The summed E-state index contributed by atoms with van der Waals surface area (Å²) in [5.74, 6) is 2.93. The summed E-state index contributed by atoms with van der Waals surface area (Å²) in [7, 11) is 0. The van der Waals surface area contributed by atoms with Crippen molar-refractivity contribution in [1.29, 1.82) is 0 Å². The summed E-state index contributed by atoms with van der Waals surface area (Å²) in [5.41, 5.74) is 0. The maximum absolute atomic E-state index is 3.77. The van der Waals surface area contributed by atoms with Crippen LogP contribution in [0.25, 0.3) is 0 Å². The van der Waals surface area contributed by atoms with E-state index < -0.39 is 0 Å². The lowest BCUT2D eigenvalue weighted by Crippen LogP contribution is -2.45. The van der Waals surface area contributed by atoms with E-state index in [2.05, 4.69) is 17.6 Å². The highest BCUT2D eigenvalue weighted by atomic mass is 15.1. The van der Waals surface area contributed by atoms with Crippen molar-refractivity contribution in [1.82, 2.24) is 10.6 Å². The van der Waals surface area contributed by atoms with Crippen molar-refractivity contribution in [2.45, 2.75) is 44.7 Å². The first-order valence-electron chi connectivity index (χ1n) is 6.29. The van der Waals surface area contributed by atoms with Gasteiger partial charge in [-0.2, -0.15) is 0 Å². The Balaban J connectivity index is 1.42. The third-order valence-corrected chi connectivity index (χ3v) is 4.66. The third-order valence-electron chi connectivity index (χ3n) is 4.66. The fourth-order valence-corrected chi connectivity index (χ4v) is 3.58. The van der Waals surface area contributed by atoms with Crippen LogP contribution in [0, 0.1) is 17.8 Å². The fraction of sp³-hybridized carbons (Fsp3) is 1.00. The van der Waals surface area contributed by atoms with Crippen molar-refractivity contribution in [3.05, 3.63) is 0 Å². The standard InChI is InChI=1S/C12H22N2/c1-8-2-3-10(4-8)13-7-11-9-5-12(11)14-6-9/h8-14H,2-7H2,1H3. The molecule has 0 aromatic heterocycles.